The second-order valence-electron chi connectivity index (χ2n) is 6.44. The van der Waals surface area contributed by atoms with Crippen molar-refractivity contribution in [2.24, 2.45) is 0 Å². The Morgan fingerprint density at radius 1 is 1.10 bits per heavy atom. The molecule has 0 bridgehead atoms. The topological polar surface area (TPSA) is 89.6 Å². The molecule has 8 heteroatoms. The molecule has 2 aromatic carbocycles. The van der Waals surface area contributed by atoms with E-state index in [0.717, 1.165) is 5.56 Å². The maximum absolute atomic E-state index is 12.8. The first-order valence-electron chi connectivity index (χ1n) is 9.12. The minimum atomic E-state index is -0.837. The van der Waals surface area contributed by atoms with Gasteiger partial charge in [-0.15, -0.1) is 11.3 Å². The summed E-state index contributed by atoms with van der Waals surface area (Å²) in [7, 11) is 0. The fourth-order valence-corrected chi connectivity index (χ4v) is 3.48. The maximum Gasteiger partial charge on any atom is 0.265 e. The molecule has 0 fully saturated rings. The number of thiazole rings is 1. The van der Waals surface area contributed by atoms with Crippen LogP contribution in [0.2, 0.25) is 0 Å². The van der Waals surface area contributed by atoms with Gasteiger partial charge >= 0.3 is 0 Å². The number of fused-ring (bicyclic) bond motifs is 1. The Morgan fingerprint density at radius 3 is 2.62 bits per heavy atom. The summed E-state index contributed by atoms with van der Waals surface area (Å²) in [6.45, 7) is 0.0784. The van der Waals surface area contributed by atoms with Crippen LogP contribution in [0.15, 0.2) is 66.2 Å². The fourth-order valence-electron chi connectivity index (χ4n) is 2.95. The van der Waals surface area contributed by atoms with Gasteiger partial charge in [-0.25, -0.2) is 4.98 Å². The predicted octanol–water partition coefficient (Wildman–Crippen LogP) is 2.65. The molecule has 2 amide bonds. The monoisotopic (exact) mass is 409 g/mol. The summed E-state index contributed by atoms with van der Waals surface area (Å²) in [5.41, 5.74) is 0.929. The number of benzene rings is 2. The molecule has 29 heavy (non-hydrogen) atoms. The van der Waals surface area contributed by atoms with Gasteiger partial charge in [0.2, 0.25) is 12.0 Å². The Labute approximate surface area is 171 Å². The number of carbonyl (C=O) groups is 2. The Bertz CT molecular complexity index is 979. The lowest BCUT2D eigenvalue weighted by Gasteiger charge is -2.27. The molecule has 1 aliphatic rings. The molecule has 0 saturated carbocycles. The van der Waals surface area contributed by atoms with Crippen molar-refractivity contribution >= 4 is 28.3 Å². The van der Waals surface area contributed by atoms with E-state index >= 15 is 0 Å². The zero-order chi connectivity index (χ0) is 20.1. The third-order valence-electron chi connectivity index (χ3n) is 4.38. The zero-order valence-corrected chi connectivity index (χ0v) is 16.2. The molecule has 0 spiro atoms. The summed E-state index contributed by atoms with van der Waals surface area (Å²) < 4.78 is 11.4. The van der Waals surface area contributed by atoms with Crippen LogP contribution < -0.4 is 20.1 Å². The number of hydrogen-bond donors (Lipinski definition) is 2. The van der Waals surface area contributed by atoms with Crippen molar-refractivity contribution in [3.8, 4) is 11.5 Å². The number of hydrogen-bond acceptors (Lipinski definition) is 6. The number of nitrogens with one attached hydrogen (secondary N) is 2. The molecular weight excluding hydrogens is 390 g/mol. The summed E-state index contributed by atoms with van der Waals surface area (Å²) in [4.78, 5) is 29.7. The molecule has 3 aromatic rings. The highest BCUT2D eigenvalue weighted by molar-refractivity contribution is 7.13. The van der Waals surface area contributed by atoms with Gasteiger partial charge in [0.1, 0.15) is 12.6 Å². The molecule has 0 saturated heterocycles. The molecule has 148 valence electrons. The van der Waals surface area contributed by atoms with E-state index in [1.807, 2.05) is 42.5 Å². The van der Waals surface area contributed by atoms with Gasteiger partial charge in [-0.1, -0.05) is 42.5 Å². The quantitative estimate of drug-likeness (QED) is 0.653. The van der Waals surface area contributed by atoms with Crippen LogP contribution in [0.5, 0.6) is 11.5 Å². The summed E-state index contributed by atoms with van der Waals surface area (Å²) in [6, 6.07) is 15.9. The third-order valence-corrected chi connectivity index (χ3v) is 5.07. The second kappa shape index (κ2) is 8.74. The molecule has 7 nitrogen and oxygen atoms in total. The Balaban J connectivity index is 1.47. The van der Waals surface area contributed by atoms with E-state index in [4.69, 9.17) is 9.47 Å². The molecule has 0 aliphatic carbocycles. The van der Waals surface area contributed by atoms with Crippen LogP contribution in [0.4, 0.5) is 5.13 Å². The average molecular weight is 409 g/mol. The highest BCUT2D eigenvalue weighted by atomic mass is 32.1. The first kappa shape index (κ1) is 18.9. The molecular formula is C21H19N3O4S. The number of rotatable bonds is 6. The van der Waals surface area contributed by atoms with Crippen LogP contribution in [-0.4, -0.2) is 35.6 Å². The van der Waals surface area contributed by atoms with Crippen molar-refractivity contribution in [3.63, 3.8) is 0 Å². The standard InChI is InChI=1S/C21H19N3O4S/c25-19(24-21-22-10-11-29-21)15(12-14-6-2-1-3-7-14)23-20(26)18-13-27-16-8-4-5-9-17(16)28-18/h1-11,15,18H,12-13H2,(H,23,26)(H,22,24,25)/t15-,18+/m0/s1. The molecule has 0 radical (unpaired) electrons. The summed E-state index contributed by atoms with van der Waals surface area (Å²) >= 11 is 1.31. The molecule has 2 heterocycles. The number of nitrogens with zero attached hydrogens (tertiary/aromatic N) is 1. The van der Waals surface area contributed by atoms with Crippen LogP contribution in [0, 0.1) is 0 Å². The van der Waals surface area contributed by atoms with Crippen molar-refractivity contribution in [2.45, 2.75) is 18.6 Å². The first-order valence-corrected chi connectivity index (χ1v) is 10.00. The second-order valence-corrected chi connectivity index (χ2v) is 7.34. The number of carbonyl (C=O) groups excluding carboxylic acids is 2. The van der Waals surface area contributed by atoms with Gasteiger partial charge < -0.3 is 20.1 Å². The average Bonchev–Trinajstić information content (AvgIpc) is 3.26. The molecule has 2 atom stereocenters. The Hall–Kier alpha value is -3.39. The molecule has 2 N–H and O–H groups in total. The molecule has 4 rings (SSSR count). The van der Waals surface area contributed by atoms with Crippen molar-refractivity contribution in [1.29, 1.82) is 0 Å². The molecule has 0 unspecified atom stereocenters. The number of amides is 2. The Morgan fingerprint density at radius 2 is 1.86 bits per heavy atom. The Kier molecular flexibility index (Phi) is 5.71. The van der Waals surface area contributed by atoms with Gasteiger partial charge in [-0.3, -0.25) is 9.59 Å². The number of ether oxygens (including phenoxy) is 2. The minimum Gasteiger partial charge on any atom is -0.485 e. The van der Waals surface area contributed by atoms with Gasteiger partial charge in [-0.2, -0.15) is 0 Å². The van der Waals surface area contributed by atoms with Crippen LogP contribution in [0.25, 0.3) is 0 Å². The minimum absolute atomic E-state index is 0.0784. The summed E-state index contributed by atoms with van der Waals surface area (Å²) in [6.07, 6.45) is 1.11. The van der Waals surface area contributed by atoms with E-state index in [-0.39, 0.29) is 12.5 Å². The number of aromatic nitrogens is 1. The predicted molar refractivity (Wildman–Crippen MR) is 109 cm³/mol. The van der Waals surface area contributed by atoms with E-state index in [0.29, 0.717) is 23.1 Å². The van der Waals surface area contributed by atoms with Crippen molar-refractivity contribution < 1.29 is 19.1 Å². The van der Waals surface area contributed by atoms with E-state index in [2.05, 4.69) is 15.6 Å². The third kappa shape index (κ3) is 4.72. The molecule has 1 aliphatic heterocycles. The van der Waals surface area contributed by atoms with E-state index in [9.17, 15) is 9.59 Å². The SMILES string of the molecule is O=C(Nc1nccs1)[C@H](Cc1ccccc1)NC(=O)[C@H]1COc2ccccc2O1. The summed E-state index contributed by atoms with van der Waals surface area (Å²) in [5, 5.41) is 7.80. The van der Waals surface area contributed by atoms with Gasteiger partial charge in [-0.05, 0) is 17.7 Å². The lowest BCUT2D eigenvalue weighted by molar-refractivity contribution is -0.133. The summed E-state index contributed by atoms with van der Waals surface area (Å²) in [5.74, 6) is 0.355. The van der Waals surface area contributed by atoms with Crippen LogP contribution in [-0.2, 0) is 16.0 Å². The zero-order valence-electron chi connectivity index (χ0n) is 15.4. The van der Waals surface area contributed by atoms with Gasteiger partial charge in [0.05, 0.1) is 0 Å². The van der Waals surface area contributed by atoms with Gasteiger partial charge in [0, 0.05) is 18.0 Å². The number of para-hydroxylation sites is 2. The van der Waals surface area contributed by atoms with E-state index in [1.165, 1.54) is 11.3 Å². The lowest BCUT2D eigenvalue weighted by atomic mass is 10.0. The van der Waals surface area contributed by atoms with Crippen molar-refractivity contribution in [1.82, 2.24) is 10.3 Å². The van der Waals surface area contributed by atoms with Crippen molar-refractivity contribution in [2.75, 3.05) is 11.9 Å². The fraction of sp³-hybridized carbons (Fsp3) is 0.190. The van der Waals surface area contributed by atoms with Crippen LogP contribution >= 0.6 is 11.3 Å². The normalized spacial score (nSPS) is 15.9. The van der Waals surface area contributed by atoms with E-state index in [1.54, 1.807) is 23.7 Å². The maximum atomic E-state index is 12.8. The van der Waals surface area contributed by atoms with Crippen LogP contribution in [0.1, 0.15) is 5.56 Å². The van der Waals surface area contributed by atoms with Crippen LogP contribution in [0.3, 0.4) is 0 Å². The number of anilines is 1. The highest BCUT2D eigenvalue weighted by Crippen LogP contribution is 2.30. The highest BCUT2D eigenvalue weighted by Gasteiger charge is 2.31. The van der Waals surface area contributed by atoms with Gasteiger partial charge in [0.15, 0.2) is 16.6 Å². The largest absolute Gasteiger partial charge is 0.485 e. The van der Waals surface area contributed by atoms with E-state index < -0.39 is 18.1 Å². The smallest absolute Gasteiger partial charge is 0.265 e. The van der Waals surface area contributed by atoms with Crippen molar-refractivity contribution in [3.05, 3.63) is 71.7 Å². The molecule has 1 aromatic heterocycles. The lowest BCUT2D eigenvalue weighted by Crippen LogP contribution is -2.52. The van der Waals surface area contributed by atoms with Gasteiger partial charge in [0.25, 0.3) is 5.91 Å². The first-order chi connectivity index (χ1) is 14.2.